The van der Waals surface area contributed by atoms with E-state index < -0.39 is 11.9 Å². The molecule has 0 heterocycles. The topological polar surface area (TPSA) is 106 Å². The average Bonchev–Trinajstić information content (AvgIpc) is 2.98. The molecule has 0 atom stereocenters. The summed E-state index contributed by atoms with van der Waals surface area (Å²) in [6.07, 6.45) is 4.47. The summed E-state index contributed by atoms with van der Waals surface area (Å²) < 4.78 is 11.1. The number of nitrogens with one attached hydrogen (secondary N) is 2. The third-order valence-electron chi connectivity index (χ3n) is 5.79. The molecule has 0 bridgehead atoms. The number of carbonyl (C=O) groups is 3. The number of anilines is 1. The second kappa shape index (κ2) is 14.0. The Hall–Kier alpha value is -5.50. The smallest absolute Gasteiger partial charge is 0.336 e. The minimum atomic E-state index is -0.538. The lowest BCUT2D eigenvalue weighted by Gasteiger charge is -2.10. The van der Waals surface area contributed by atoms with Gasteiger partial charge in [-0.2, -0.15) is 5.10 Å². The minimum absolute atomic E-state index is 0.234. The largest absolute Gasteiger partial charge is 0.490 e. The summed E-state index contributed by atoms with van der Waals surface area (Å²) >= 11 is 0. The van der Waals surface area contributed by atoms with Gasteiger partial charge in [0.1, 0.15) is 0 Å². The zero-order valence-corrected chi connectivity index (χ0v) is 22.7. The number of esters is 1. The number of carbonyl (C=O) groups excluding carboxylic acids is 3. The van der Waals surface area contributed by atoms with Crippen molar-refractivity contribution in [2.24, 2.45) is 5.10 Å². The quantitative estimate of drug-likeness (QED) is 0.0829. The van der Waals surface area contributed by atoms with E-state index in [4.69, 9.17) is 9.47 Å². The Labute approximate surface area is 238 Å². The van der Waals surface area contributed by atoms with Crippen LogP contribution in [0.25, 0.3) is 6.08 Å². The first-order valence-electron chi connectivity index (χ1n) is 12.9. The van der Waals surface area contributed by atoms with Crippen LogP contribution in [-0.2, 0) is 4.79 Å². The molecule has 0 fully saturated rings. The monoisotopic (exact) mass is 547 g/mol. The van der Waals surface area contributed by atoms with Gasteiger partial charge in [-0.25, -0.2) is 10.2 Å². The molecule has 0 aromatic heterocycles. The summed E-state index contributed by atoms with van der Waals surface area (Å²) in [6, 6.07) is 28.1. The van der Waals surface area contributed by atoms with Gasteiger partial charge in [0.2, 0.25) is 0 Å². The van der Waals surface area contributed by atoms with Gasteiger partial charge in [-0.3, -0.25) is 9.59 Å². The van der Waals surface area contributed by atoms with Gasteiger partial charge in [0.05, 0.1) is 12.8 Å². The SMILES string of the molecule is CCOc1cc(/C=N\NC(=O)c2ccc(NC(=O)c3ccc(C)cc3)cc2)ccc1OC(=O)/C=C/c1ccccc1. The predicted molar refractivity (Wildman–Crippen MR) is 159 cm³/mol. The molecule has 206 valence electrons. The molecule has 0 aliphatic carbocycles. The van der Waals surface area contributed by atoms with Crippen molar-refractivity contribution >= 4 is 35.8 Å². The van der Waals surface area contributed by atoms with Crippen LogP contribution in [0, 0.1) is 6.92 Å². The summed E-state index contributed by atoms with van der Waals surface area (Å²) in [5.74, 6) is -0.553. The molecule has 4 aromatic carbocycles. The van der Waals surface area contributed by atoms with E-state index in [2.05, 4.69) is 15.8 Å². The molecule has 0 aliphatic heterocycles. The zero-order valence-electron chi connectivity index (χ0n) is 22.7. The fourth-order valence-corrected chi connectivity index (χ4v) is 3.67. The highest BCUT2D eigenvalue weighted by Crippen LogP contribution is 2.28. The maximum absolute atomic E-state index is 12.5. The van der Waals surface area contributed by atoms with Gasteiger partial charge in [-0.1, -0.05) is 48.0 Å². The number of hydrogen-bond acceptors (Lipinski definition) is 6. The van der Waals surface area contributed by atoms with E-state index in [9.17, 15) is 14.4 Å². The van der Waals surface area contributed by atoms with Crippen LogP contribution >= 0.6 is 0 Å². The second-order valence-corrected chi connectivity index (χ2v) is 8.90. The Bertz CT molecular complexity index is 1560. The fraction of sp³-hybridized carbons (Fsp3) is 0.0909. The zero-order chi connectivity index (χ0) is 29.0. The van der Waals surface area contributed by atoms with Crippen LogP contribution in [0.4, 0.5) is 5.69 Å². The number of ether oxygens (including phenoxy) is 2. The number of amides is 2. The third kappa shape index (κ3) is 8.49. The lowest BCUT2D eigenvalue weighted by atomic mass is 10.1. The first-order chi connectivity index (χ1) is 19.9. The molecule has 0 spiro atoms. The van der Waals surface area contributed by atoms with E-state index in [1.807, 2.05) is 56.3 Å². The van der Waals surface area contributed by atoms with Gasteiger partial charge in [0, 0.05) is 22.9 Å². The van der Waals surface area contributed by atoms with Crippen molar-refractivity contribution in [2.75, 3.05) is 11.9 Å². The van der Waals surface area contributed by atoms with Gasteiger partial charge in [0.25, 0.3) is 11.8 Å². The highest BCUT2D eigenvalue weighted by molar-refractivity contribution is 6.04. The Morgan fingerprint density at radius 3 is 2.17 bits per heavy atom. The molecule has 0 radical (unpaired) electrons. The molecule has 0 unspecified atom stereocenters. The van der Waals surface area contributed by atoms with Gasteiger partial charge in [-0.15, -0.1) is 0 Å². The van der Waals surface area contributed by atoms with Crippen molar-refractivity contribution in [3.05, 3.63) is 131 Å². The van der Waals surface area contributed by atoms with Crippen molar-refractivity contribution < 1.29 is 23.9 Å². The maximum atomic E-state index is 12.5. The van der Waals surface area contributed by atoms with Crippen molar-refractivity contribution in [2.45, 2.75) is 13.8 Å². The average molecular weight is 548 g/mol. The molecule has 8 nitrogen and oxygen atoms in total. The van der Waals surface area contributed by atoms with E-state index in [0.29, 0.717) is 34.7 Å². The van der Waals surface area contributed by atoms with E-state index in [1.165, 1.54) is 12.3 Å². The third-order valence-corrected chi connectivity index (χ3v) is 5.79. The lowest BCUT2D eigenvalue weighted by Crippen LogP contribution is -2.18. The molecule has 4 rings (SSSR count). The molecule has 0 saturated carbocycles. The van der Waals surface area contributed by atoms with Crippen molar-refractivity contribution in [1.82, 2.24) is 5.43 Å². The Balaban J connectivity index is 1.33. The van der Waals surface area contributed by atoms with E-state index in [-0.39, 0.29) is 11.7 Å². The molecule has 2 amide bonds. The Morgan fingerprint density at radius 2 is 1.46 bits per heavy atom. The van der Waals surface area contributed by atoms with Crippen LogP contribution in [0.3, 0.4) is 0 Å². The van der Waals surface area contributed by atoms with Crippen LogP contribution in [0.5, 0.6) is 11.5 Å². The number of aryl methyl sites for hydroxylation is 1. The van der Waals surface area contributed by atoms with E-state index >= 15 is 0 Å². The van der Waals surface area contributed by atoms with Crippen LogP contribution in [0.2, 0.25) is 0 Å². The van der Waals surface area contributed by atoms with Crippen LogP contribution < -0.4 is 20.2 Å². The van der Waals surface area contributed by atoms with Crippen LogP contribution in [-0.4, -0.2) is 30.6 Å². The first kappa shape index (κ1) is 28.5. The number of hydrogen-bond donors (Lipinski definition) is 2. The summed E-state index contributed by atoms with van der Waals surface area (Å²) in [5, 5.41) is 6.83. The summed E-state index contributed by atoms with van der Waals surface area (Å²) in [5.41, 5.74) is 6.54. The standard InChI is InChI=1S/C33H29N3O5/c1-3-40-30-21-25(11-19-29(30)41-31(37)20-12-24-7-5-4-6-8-24)22-34-36-33(39)27-15-17-28(18-16-27)35-32(38)26-13-9-23(2)10-14-26/h4-22H,3H2,1-2H3,(H,35,38)(H,36,39)/b20-12+,34-22-. The van der Waals surface area contributed by atoms with E-state index in [0.717, 1.165) is 11.1 Å². The number of rotatable bonds is 10. The maximum Gasteiger partial charge on any atom is 0.336 e. The van der Waals surface area contributed by atoms with Gasteiger partial charge >= 0.3 is 5.97 Å². The Morgan fingerprint density at radius 1 is 0.780 bits per heavy atom. The highest BCUT2D eigenvalue weighted by atomic mass is 16.6. The minimum Gasteiger partial charge on any atom is -0.490 e. The van der Waals surface area contributed by atoms with E-state index in [1.54, 1.807) is 60.7 Å². The molecule has 2 N–H and O–H groups in total. The van der Waals surface area contributed by atoms with Crippen molar-refractivity contribution in [1.29, 1.82) is 0 Å². The van der Waals surface area contributed by atoms with Crippen molar-refractivity contribution in [3.8, 4) is 11.5 Å². The molecular formula is C33H29N3O5. The summed E-state index contributed by atoms with van der Waals surface area (Å²) in [7, 11) is 0. The lowest BCUT2D eigenvalue weighted by molar-refractivity contribution is -0.129. The summed E-state index contributed by atoms with van der Waals surface area (Å²) in [6.45, 7) is 4.14. The number of nitrogens with zero attached hydrogens (tertiary/aromatic N) is 1. The molecular weight excluding hydrogens is 518 g/mol. The fourth-order valence-electron chi connectivity index (χ4n) is 3.67. The molecule has 0 saturated heterocycles. The van der Waals surface area contributed by atoms with Crippen LogP contribution in [0.15, 0.2) is 108 Å². The number of benzene rings is 4. The van der Waals surface area contributed by atoms with Crippen LogP contribution in [0.1, 0.15) is 44.3 Å². The molecule has 41 heavy (non-hydrogen) atoms. The Kier molecular flexibility index (Phi) is 9.77. The van der Waals surface area contributed by atoms with Gasteiger partial charge < -0.3 is 14.8 Å². The summed E-state index contributed by atoms with van der Waals surface area (Å²) in [4.78, 5) is 37.2. The first-order valence-corrected chi connectivity index (χ1v) is 12.9. The van der Waals surface area contributed by atoms with Crippen molar-refractivity contribution in [3.63, 3.8) is 0 Å². The highest BCUT2D eigenvalue weighted by Gasteiger charge is 2.11. The van der Waals surface area contributed by atoms with Gasteiger partial charge in [0.15, 0.2) is 11.5 Å². The second-order valence-electron chi connectivity index (χ2n) is 8.90. The normalized spacial score (nSPS) is 10.9. The van der Waals surface area contributed by atoms with Gasteiger partial charge in [-0.05, 0) is 85.6 Å². The molecule has 8 heteroatoms. The number of hydrazone groups is 1. The molecule has 4 aromatic rings. The predicted octanol–water partition coefficient (Wildman–Crippen LogP) is 6.03. The molecule has 0 aliphatic rings.